The van der Waals surface area contributed by atoms with Crippen molar-refractivity contribution >= 4 is 11.8 Å². The Labute approximate surface area is 159 Å². The summed E-state index contributed by atoms with van der Waals surface area (Å²) < 4.78 is 5.36. The van der Waals surface area contributed by atoms with Gasteiger partial charge in [-0.25, -0.2) is 0 Å². The van der Waals surface area contributed by atoms with Crippen molar-refractivity contribution in [1.82, 2.24) is 9.80 Å². The van der Waals surface area contributed by atoms with Gasteiger partial charge in [0.15, 0.2) is 5.76 Å². The van der Waals surface area contributed by atoms with E-state index in [0.29, 0.717) is 18.8 Å². The van der Waals surface area contributed by atoms with E-state index >= 15 is 0 Å². The average molecular weight is 366 g/mol. The number of hydrogen-bond donors (Lipinski definition) is 0. The molecule has 1 spiro atoms. The zero-order valence-corrected chi connectivity index (χ0v) is 15.8. The molecular weight excluding hydrogens is 340 g/mol. The maximum atomic E-state index is 13.3. The molecule has 2 aliphatic rings. The molecule has 0 radical (unpaired) electrons. The highest BCUT2D eigenvalue weighted by atomic mass is 16.3. The van der Waals surface area contributed by atoms with E-state index in [1.165, 1.54) is 5.56 Å². The highest BCUT2D eigenvalue weighted by Gasteiger charge is 2.49. The summed E-state index contributed by atoms with van der Waals surface area (Å²) in [5.41, 5.74) is 1.69. The van der Waals surface area contributed by atoms with Crippen LogP contribution in [0.5, 0.6) is 0 Å². The second-order valence-electron chi connectivity index (χ2n) is 7.82. The van der Waals surface area contributed by atoms with Gasteiger partial charge in [0.1, 0.15) is 0 Å². The molecule has 27 heavy (non-hydrogen) atoms. The second-order valence-corrected chi connectivity index (χ2v) is 7.82. The molecule has 2 amide bonds. The smallest absolute Gasteiger partial charge is 0.289 e. The molecular formula is C22H26N2O3. The van der Waals surface area contributed by atoms with Crippen molar-refractivity contribution in [1.29, 1.82) is 0 Å². The quantitative estimate of drug-likeness (QED) is 0.834. The van der Waals surface area contributed by atoms with E-state index < -0.39 is 5.41 Å². The Hall–Kier alpha value is -2.56. The van der Waals surface area contributed by atoms with E-state index in [9.17, 15) is 9.59 Å². The normalized spacial score (nSPS) is 22.6. The van der Waals surface area contributed by atoms with Crippen LogP contribution >= 0.6 is 0 Å². The van der Waals surface area contributed by atoms with E-state index in [1.807, 2.05) is 30.0 Å². The van der Waals surface area contributed by atoms with Gasteiger partial charge in [0.05, 0.1) is 11.7 Å². The lowest BCUT2D eigenvalue weighted by atomic mass is 9.78. The first-order valence-electron chi connectivity index (χ1n) is 9.76. The summed E-state index contributed by atoms with van der Waals surface area (Å²) in [6, 6.07) is 12.1. The average Bonchev–Trinajstić information content (AvgIpc) is 3.31. The molecule has 0 unspecified atom stereocenters. The molecule has 2 aliphatic heterocycles. The van der Waals surface area contributed by atoms with Crippen LogP contribution in [-0.2, 0) is 11.2 Å². The first kappa shape index (κ1) is 17.8. The Morgan fingerprint density at radius 1 is 1.15 bits per heavy atom. The summed E-state index contributed by atoms with van der Waals surface area (Å²) in [5, 5.41) is 0. The summed E-state index contributed by atoms with van der Waals surface area (Å²) >= 11 is 0. The van der Waals surface area contributed by atoms with Gasteiger partial charge >= 0.3 is 0 Å². The van der Waals surface area contributed by atoms with E-state index in [1.54, 1.807) is 17.2 Å². The number of piperidine rings is 1. The Morgan fingerprint density at radius 3 is 2.70 bits per heavy atom. The van der Waals surface area contributed by atoms with Crippen LogP contribution < -0.4 is 0 Å². The molecule has 2 aromatic rings. The molecule has 142 valence electrons. The van der Waals surface area contributed by atoms with Gasteiger partial charge in [-0.1, -0.05) is 30.3 Å². The first-order valence-corrected chi connectivity index (χ1v) is 9.76. The Bertz CT molecular complexity index is 829. The van der Waals surface area contributed by atoms with Crippen LogP contribution in [-0.4, -0.2) is 47.8 Å². The number of nitrogens with zero attached hydrogens (tertiary/aromatic N) is 2. The van der Waals surface area contributed by atoms with Gasteiger partial charge in [0.2, 0.25) is 5.91 Å². The topological polar surface area (TPSA) is 53.8 Å². The van der Waals surface area contributed by atoms with Gasteiger partial charge in [-0.15, -0.1) is 0 Å². The highest BCUT2D eigenvalue weighted by Crippen LogP contribution is 2.40. The molecule has 1 aromatic carbocycles. The van der Waals surface area contributed by atoms with E-state index in [-0.39, 0.29) is 11.8 Å². The molecule has 0 saturated carbocycles. The molecule has 0 aliphatic carbocycles. The summed E-state index contributed by atoms with van der Waals surface area (Å²) in [4.78, 5) is 29.8. The monoisotopic (exact) mass is 366 g/mol. The van der Waals surface area contributed by atoms with Crippen LogP contribution in [0.3, 0.4) is 0 Å². The van der Waals surface area contributed by atoms with Gasteiger partial charge < -0.3 is 14.2 Å². The van der Waals surface area contributed by atoms with E-state index in [4.69, 9.17) is 4.42 Å². The van der Waals surface area contributed by atoms with Crippen molar-refractivity contribution in [3.05, 3.63) is 59.5 Å². The van der Waals surface area contributed by atoms with Crippen LogP contribution in [0.2, 0.25) is 0 Å². The van der Waals surface area contributed by atoms with Crippen LogP contribution in [0.15, 0.2) is 47.1 Å². The molecule has 4 rings (SSSR count). The van der Waals surface area contributed by atoms with Gasteiger partial charge in [0, 0.05) is 31.7 Å². The summed E-state index contributed by atoms with van der Waals surface area (Å²) in [5.74, 6) is 0.524. The molecule has 2 saturated heterocycles. The lowest BCUT2D eigenvalue weighted by molar-refractivity contribution is -0.145. The van der Waals surface area contributed by atoms with Crippen molar-refractivity contribution in [3.8, 4) is 0 Å². The fraction of sp³-hybridized carbons (Fsp3) is 0.455. The third-order valence-electron chi connectivity index (χ3n) is 6.03. The lowest BCUT2D eigenvalue weighted by Crippen LogP contribution is -2.50. The van der Waals surface area contributed by atoms with Gasteiger partial charge in [-0.3, -0.25) is 9.59 Å². The van der Waals surface area contributed by atoms with Crippen molar-refractivity contribution in [2.24, 2.45) is 5.41 Å². The predicted octanol–water partition coefficient (Wildman–Crippen LogP) is 3.29. The number of benzene rings is 1. The number of carbonyl (C=O) groups excluding carboxylic acids is 2. The number of amides is 2. The molecule has 0 N–H and O–H groups in total. The second kappa shape index (κ2) is 7.22. The van der Waals surface area contributed by atoms with Gasteiger partial charge in [-0.05, 0) is 44.2 Å². The number of rotatable bonds is 4. The molecule has 5 heteroatoms. The first-order chi connectivity index (χ1) is 13.1. The molecule has 3 heterocycles. The molecule has 2 fully saturated rings. The number of hydrogen-bond acceptors (Lipinski definition) is 3. The Morgan fingerprint density at radius 2 is 1.96 bits per heavy atom. The lowest BCUT2D eigenvalue weighted by Gasteiger charge is -2.39. The number of aryl methyl sites for hydroxylation is 1. The third kappa shape index (κ3) is 3.38. The van der Waals surface area contributed by atoms with E-state index in [2.05, 4.69) is 12.1 Å². The summed E-state index contributed by atoms with van der Waals surface area (Å²) in [6.45, 7) is 4.57. The van der Waals surface area contributed by atoms with Gasteiger partial charge in [0.25, 0.3) is 5.91 Å². The summed E-state index contributed by atoms with van der Waals surface area (Å²) in [6.07, 6.45) is 5.04. The van der Waals surface area contributed by atoms with E-state index in [0.717, 1.165) is 44.3 Å². The zero-order chi connectivity index (χ0) is 18.9. The maximum absolute atomic E-state index is 13.3. The fourth-order valence-corrected chi connectivity index (χ4v) is 4.43. The van der Waals surface area contributed by atoms with Crippen molar-refractivity contribution in [2.75, 3.05) is 26.2 Å². The molecule has 0 bridgehead atoms. The maximum Gasteiger partial charge on any atom is 0.289 e. The number of furan rings is 1. The van der Waals surface area contributed by atoms with Crippen LogP contribution in [0.4, 0.5) is 0 Å². The van der Waals surface area contributed by atoms with Crippen LogP contribution in [0, 0.1) is 12.3 Å². The Kier molecular flexibility index (Phi) is 4.77. The summed E-state index contributed by atoms with van der Waals surface area (Å²) in [7, 11) is 0. The fourth-order valence-electron chi connectivity index (χ4n) is 4.43. The molecule has 5 nitrogen and oxygen atoms in total. The minimum Gasteiger partial charge on any atom is -0.459 e. The highest BCUT2D eigenvalue weighted by molar-refractivity contribution is 5.94. The minimum absolute atomic E-state index is 0.0939. The Balaban J connectivity index is 1.43. The van der Waals surface area contributed by atoms with Gasteiger partial charge in [-0.2, -0.15) is 0 Å². The standard InChI is InChI=1S/C22H26N2O3/c1-17-9-15-27-19(17)20(25)24-14-11-22(16-24)10-5-12-23(21(22)26)13-8-18-6-3-2-4-7-18/h2-4,6-7,9,15H,5,8,10-14,16H2,1H3/t22-/m0/s1. The molecule has 1 atom stereocenters. The van der Waals surface area contributed by atoms with Crippen LogP contribution in [0.1, 0.15) is 40.9 Å². The van der Waals surface area contributed by atoms with Crippen molar-refractivity contribution in [3.63, 3.8) is 0 Å². The number of carbonyl (C=O) groups is 2. The predicted molar refractivity (Wildman–Crippen MR) is 102 cm³/mol. The number of likely N-dealkylation sites (tertiary alicyclic amines) is 2. The minimum atomic E-state index is -0.412. The third-order valence-corrected chi connectivity index (χ3v) is 6.03. The van der Waals surface area contributed by atoms with Crippen LogP contribution in [0.25, 0.3) is 0 Å². The SMILES string of the molecule is Cc1ccoc1C(=O)N1CC[C@@]2(CCCN(CCc3ccccc3)C2=O)C1. The largest absolute Gasteiger partial charge is 0.459 e. The van der Waals surface area contributed by atoms with Crippen molar-refractivity contribution < 1.29 is 14.0 Å². The van der Waals surface area contributed by atoms with Crippen molar-refractivity contribution in [2.45, 2.75) is 32.6 Å². The molecule has 1 aromatic heterocycles. The zero-order valence-electron chi connectivity index (χ0n) is 15.8.